The molecule has 0 aliphatic carbocycles. The van der Waals surface area contributed by atoms with Gasteiger partial charge in [-0.25, -0.2) is 14.8 Å². The van der Waals surface area contributed by atoms with E-state index in [0.29, 0.717) is 6.04 Å². The normalized spacial score (nSPS) is 18.3. The lowest BCUT2D eigenvalue weighted by atomic mass is 10.1. The van der Waals surface area contributed by atoms with Gasteiger partial charge >= 0.3 is 5.97 Å². The van der Waals surface area contributed by atoms with Gasteiger partial charge in [-0.15, -0.1) is 0 Å². The summed E-state index contributed by atoms with van der Waals surface area (Å²) in [6, 6.07) is 12.7. The molecule has 1 aromatic carbocycles. The molecule has 182 valence electrons. The van der Waals surface area contributed by atoms with Gasteiger partial charge in [0.05, 0.1) is 11.3 Å². The van der Waals surface area contributed by atoms with Crippen LogP contribution < -0.4 is 14.7 Å². The Morgan fingerprint density at radius 1 is 1.00 bits per heavy atom. The highest BCUT2D eigenvalue weighted by Crippen LogP contribution is 2.30. The van der Waals surface area contributed by atoms with E-state index in [1.165, 1.54) is 24.6 Å². The van der Waals surface area contributed by atoms with Crippen LogP contribution in [0.25, 0.3) is 11.3 Å². The second kappa shape index (κ2) is 9.52. The minimum absolute atomic E-state index is 0.221. The van der Waals surface area contributed by atoms with Crippen LogP contribution in [-0.4, -0.2) is 64.8 Å². The predicted octanol–water partition coefficient (Wildman–Crippen LogP) is 4.17. The number of benzene rings is 1. The summed E-state index contributed by atoms with van der Waals surface area (Å²) >= 11 is 0. The molecule has 2 aromatic heterocycles. The third-order valence-electron chi connectivity index (χ3n) is 7.03. The van der Waals surface area contributed by atoms with Crippen molar-refractivity contribution in [2.24, 2.45) is 0 Å². The third kappa shape index (κ3) is 4.78. The van der Waals surface area contributed by atoms with Crippen LogP contribution in [0.5, 0.6) is 0 Å². The lowest BCUT2D eigenvalue weighted by Crippen LogP contribution is -2.47. The van der Waals surface area contributed by atoms with Crippen molar-refractivity contribution >= 4 is 23.6 Å². The highest BCUT2D eigenvalue weighted by molar-refractivity contribution is 5.87. The molecule has 0 radical (unpaired) electrons. The van der Waals surface area contributed by atoms with Crippen LogP contribution in [0.4, 0.5) is 17.6 Å². The number of piperazine rings is 1. The number of carbonyl (C=O) groups is 1. The number of carboxylic acids is 1. The van der Waals surface area contributed by atoms with Gasteiger partial charge in [0.1, 0.15) is 11.6 Å². The van der Waals surface area contributed by atoms with Crippen LogP contribution in [0.3, 0.4) is 0 Å². The fraction of sp³-hybridized carbons (Fsp3) is 0.407. The van der Waals surface area contributed by atoms with Crippen LogP contribution >= 0.6 is 0 Å². The van der Waals surface area contributed by atoms with Gasteiger partial charge < -0.3 is 19.8 Å². The SMILES string of the molecule is Cc1cccc(-c2cc(N3CCN(c4ncc(C(=O)O)cc4C)CC3)nc(N3CCCC3C)n2)c1. The monoisotopic (exact) mass is 472 g/mol. The number of hydrogen-bond donors (Lipinski definition) is 1. The average Bonchev–Trinajstić information content (AvgIpc) is 3.29. The molecule has 5 rings (SSSR count). The molecule has 4 heterocycles. The van der Waals surface area contributed by atoms with Crippen molar-refractivity contribution in [3.63, 3.8) is 0 Å². The molecule has 8 heteroatoms. The van der Waals surface area contributed by atoms with Gasteiger partial charge in [0.15, 0.2) is 0 Å². The van der Waals surface area contributed by atoms with Crippen molar-refractivity contribution in [2.45, 2.75) is 39.7 Å². The van der Waals surface area contributed by atoms with Crippen LogP contribution in [0.15, 0.2) is 42.6 Å². The summed E-state index contributed by atoms with van der Waals surface area (Å²) in [5.74, 6) is 1.67. The maximum atomic E-state index is 11.3. The lowest BCUT2D eigenvalue weighted by Gasteiger charge is -2.37. The summed E-state index contributed by atoms with van der Waals surface area (Å²) in [6.07, 6.45) is 3.78. The van der Waals surface area contributed by atoms with E-state index >= 15 is 0 Å². The van der Waals surface area contributed by atoms with Crippen molar-refractivity contribution in [3.8, 4) is 11.3 Å². The van der Waals surface area contributed by atoms with Gasteiger partial charge in [0.2, 0.25) is 5.95 Å². The van der Waals surface area contributed by atoms with E-state index in [0.717, 1.165) is 67.1 Å². The lowest BCUT2D eigenvalue weighted by molar-refractivity contribution is 0.0696. The Hall–Kier alpha value is -3.68. The fourth-order valence-electron chi connectivity index (χ4n) is 5.06. The number of hydrogen-bond acceptors (Lipinski definition) is 7. The van der Waals surface area contributed by atoms with Crippen molar-refractivity contribution in [1.29, 1.82) is 0 Å². The standard InChI is InChI=1S/C27H32N6O2/c1-18-6-4-8-21(14-18)23-16-24(30-27(29-23)33-9-5-7-20(33)3)31-10-12-32(13-11-31)25-19(2)15-22(17-28-25)26(34)35/h4,6,8,14-17,20H,5,7,9-13H2,1-3H3,(H,34,35). The molecule has 1 unspecified atom stereocenters. The highest BCUT2D eigenvalue weighted by atomic mass is 16.4. The van der Waals surface area contributed by atoms with Gasteiger partial charge in [-0.1, -0.05) is 23.8 Å². The third-order valence-corrected chi connectivity index (χ3v) is 7.03. The summed E-state index contributed by atoms with van der Waals surface area (Å²) in [6.45, 7) is 10.5. The van der Waals surface area contributed by atoms with Crippen molar-refractivity contribution in [1.82, 2.24) is 15.0 Å². The number of nitrogens with zero attached hydrogens (tertiary/aromatic N) is 6. The zero-order valence-corrected chi connectivity index (χ0v) is 20.6. The molecule has 0 amide bonds. The van der Waals surface area contributed by atoms with Crippen molar-refractivity contribution in [3.05, 3.63) is 59.3 Å². The number of aromatic nitrogens is 3. The number of pyridine rings is 1. The van der Waals surface area contributed by atoms with E-state index in [-0.39, 0.29) is 5.56 Å². The molecule has 1 N–H and O–H groups in total. The zero-order chi connectivity index (χ0) is 24.5. The summed E-state index contributed by atoms with van der Waals surface area (Å²) in [5, 5.41) is 9.23. The van der Waals surface area contributed by atoms with Crippen LogP contribution in [0.2, 0.25) is 0 Å². The Morgan fingerprint density at radius 3 is 2.43 bits per heavy atom. The van der Waals surface area contributed by atoms with Gasteiger partial charge in [-0.2, -0.15) is 4.98 Å². The van der Waals surface area contributed by atoms with Crippen LogP contribution in [-0.2, 0) is 0 Å². The van der Waals surface area contributed by atoms with E-state index in [2.05, 4.69) is 63.9 Å². The van der Waals surface area contributed by atoms with Crippen molar-refractivity contribution < 1.29 is 9.90 Å². The van der Waals surface area contributed by atoms with Crippen LogP contribution in [0.1, 0.15) is 41.3 Å². The molecule has 3 aromatic rings. The Bertz CT molecular complexity index is 1240. The molecular formula is C27H32N6O2. The largest absolute Gasteiger partial charge is 0.478 e. The first-order valence-corrected chi connectivity index (χ1v) is 12.3. The highest BCUT2D eigenvalue weighted by Gasteiger charge is 2.26. The zero-order valence-electron chi connectivity index (χ0n) is 20.6. The summed E-state index contributed by atoms with van der Waals surface area (Å²) in [5.41, 5.74) is 4.38. The molecule has 2 aliphatic heterocycles. The van der Waals surface area contributed by atoms with E-state index in [1.807, 2.05) is 6.92 Å². The molecule has 2 saturated heterocycles. The number of rotatable bonds is 5. The molecule has 8 nitrogen and oxygen atoms in total. The Kier molecular flexibility index (Phi) is 6.28. The number of aryl methyl sites for hydroxylation is 2. The second-order valence-electron chi connectivity index (χ2n) is 9.61. The maximum Gasteiger partial charge on any atom is 0.337 e. The first-order valence-electron chi connectivity index (χ1n) is 12.3. The summed E-state index contributed by atoms with van der Waals surface area (Å²) in [4.78, 5) is 32.6. The second-order valence-corrected chi connectivity index (χ2v) is 9.61. The van der Waals surface area contributed by atoms with Gasteiger partial charge in [0.25, 0.3) is 0 Å². The van der Waals surface area contributed by atoms with E-state index < -0.39 is 5.97 Å². The summed E-state index contributed by atoms with van der Waals surface area (Å²) in [7, 11) is 0. The van der Waals surface area contributed by atoms with E-state index in [9.17, 15) is 9.90 Å². The smallest absolute Gasteiger partial charge is 0.337 e. The Morgan fingerprint density at radius 2 is 1.77 bits per heavy atom. The minimum atomic E-state index is -0.951. The minimum Gasteiger partial charge on any atom is -0.478 e. The topological polar surface area (TPSA) is 85.7 Å². The average molecular weight is 473 g/mol. The van der Waals surface area contributed by atoms with E-state index in [1.54, 1.807) is 6.07 Å². The molecule has 2 fully saturated rings. The molecule has 35 heavy (non-hydrogen) atoms. The molecular weight excluding hydrogens is 440 g/mol. The molecule has 0 saturated carbocycles. The molecule has 0 bridgehead atoms. The quantitative estimate of drug-likeness (QED) is 0.592. The first kappa shape index (κ1) is 23.1. The fourth-order valence-corrected chi connectivity index (χ4v) is 5.06. The molecule has 1 atom stereocenters. The number of carboxylic acid groups (broad SMARTS) is 1. The van der Waals surface area contributed by atoms with E-state index in [4.69, 9.17) is 9.97 Å². The van der Waals surface area contributed by atoms with Gasteiger partial charge in [-0.3, -0.25) is 0 Å². The Balaban J connectivity index is 1.41. The number of aromatic carboxylic acids is 1. The Labute approximate surface area is 206 Å². The van der Waals surface area contributed by atoms with Crippen LogP contribution in [0, 0.1) is 13.8 Å². The first-order chi connectivity index (χ1) is 16.9. The van der Waals surface area contributed by atoms with Crippen molar-refractivity contribution in [2.75, 3.05) is 47.4 Å². The predicted molar refractivity (Wildman–Crippen MR) is 139 cm³/mol. The molecule has 0 spiro atoms. The number of anilines is 3. The van der Waals surface area contributed by atoms with Gasteiger partial charge in [0, 0.05) is 56.6 Å². The molecule has 2 aliphatic rings. The maximum absolute atomic E-state index is 11.3. The summed E-state index contributed by atoms with van der Waals surface area (Å²) < 4.78 is 0. The van der Waals surface area contributed by atoms with Gasteiger partial charge in [-0.05, 0) is 51.3 Å².